The van der Waals surface area contributed by atoms with E-state index >= 15 is 4.57 Å². The molecule has 1 aliphatic heterocycles. The normalized spacial score (nSPS) is 27.1. The standard InChI is InChI=1S/C32H30NO2P/c1-23(34)21-22-32-28-17-9-7-12-25(28)19-20-29(32)31(26-13-4-3-5-14-26)33(2)36(32,35)30-18-10-15-24-11-6-8-16-27(24)30/h3-20,29,31H,21-22H2,1-2H3/t29-,31-,32+,36?/m1/s1. The molecule has 4 heteroatoms. The van der Waals surface area contributed by atoms with Gasteiger partial charge in [-0.3, -0.25) is 0 Å². The lowest BCUT2D eigenvalue weighted by atomic mass is 9.71. The van der Waals surface area contributed by atoms with Gasteiger partial charge < -0.3 is 9.36 Å². The molecule has 180 valence electrons. The Hall–Kier alpha value is -3.26. The molecule has 1 unspecified atom stereocenters. The summed E-state index contributed by atoms with van der Waals surface area (Å²) in [7, 11) is -1.27. The van der Waals surface area contributed by atoms with Gasteiger partial charge in [0.15, 0.2) is 7.29 Å². The lowest BCUT2D eigenvalue weighted by Gasteiger charge is -2.43. The highest BCUT2D eigenvalue weighted by atomic mass is 31.2. The van der Waals surface area contributed by atoms with Crippen molar-refractivity contribution in [2.24, 2.45) is 5.92 Å². The Kier molecular flexibility index (Phi) is 5.59. The number of ketones is 1. The summed E-state index contributed by atoms with van der Waals surface area (Å²) in [5.74, 6) is 0.0920. The highest BCUT2D eigenvalue weighted by molar-refractivity contribution is 7.71. The second-order valence-electron chi connectivity index (χ2n) is 10.1. The molecule has 1 saturated heterocycles. The van der Waals surface area contributed by atoms with Gasteiger partial charge in [0.1, 0.15) is 5.78 Å². The van der Waals surface area contributed by atoms with Gasteiger partial charge in [0, 0.05) is 23.7 Å². The Morgan fingerprint density at radius 2 is 1.58 bits per heavy atom. The summed E-state index contributed by atoms with van der Waals surface area (Å²) in [4.78, 5) is 12.5. The van der Waals surface area contributed by atoms with Crippen molar-refractivity contribution in [3.63, 3.8) is 0 Å². The van der Waals surface area contributed by atoms with Crippen molar-refractivity contribution < 1.29 is 9.36 Å². The van der Waals surface area contributed by atoms with E-state index in [2.05, 4.69) is 77.5 Å². The fraction of sp³-hybridized carbons (Fsp3) is 0.219. The van der Waals surface area contributed by atoms with Gasteiger partial charge in [0.05, 0.1) is 5.16 Å². The molecule has 36 heavy (non-hydrogen) atoms. The Morgan fingerprint density at radius 1 is 0.889 bits per heavy atom. The number of fused-ring (bicyclic) bond motifs is 4. The second-order valence-corrected chi connectivity index (χ2v) is 13.2. The van der Waals surface area contributed by atoms with Gasteiger partial charge in [-0.15, -0.1) is 0 Å². The fourth-order valence-corrected chi connectivity index (χ4v) is 11.1. The van der Waals surface area contributed by atoms with Crippen LogP contribution in [-0.4, -0.2) is 17.5 Å². The van der Waals surface area contributed by atoms with Crippen LogP contribution in [-0.2, 0) is 14.5 Å². The number of benzene rings is 4. The molecule has 4 atom stereocenters. The highest BCUT2D eigenvalue weighted by Crippen LogP contribution is 2.80. The lowest BCUT2D eigenvalue weighted by Crippen LogP contribution is -2.37. The van der Waals surface area contributed by atoms with Crippen LogP contribution in [0.5, 0.6) is 0 Å². The van der Waals surface area contributed by atoms with Gasteiger partial charge in [-0.25, -0.2) is 4.67 Å². The van der Waals surface area contributed by atoms with Crippen molar-refractivity contribution in [1.82, 2.24) is 4.67 Å². The number of hydrogen-bond donors (Lipinski definition) is 0. The molecule has 3 nitrogen and oxygen atoms in total. The Labute approximate surface area is 212 Å². The average molecular weight is 492 g/mol. The van der Waals surface area contributed by atoms with Crippen LogP contribution in [0.4, 0.5) is 0 Å². The lowest BCUT2D eigenvalue weighted by molar-refractivity contribution is -0.117. The molecule has 4 aromatic rings. The number of carbonyl (C=O) groups excluding carboxylic acids is 1. The molecule has 0 N–H and O–H groups in total. The molecule has 0 saturated carbocycles. The summed E-state index contributed by atoms with van der Waals surface area (Å²) >= 11 is 0. The number of carbonyl (C=O) groups is 1. The zero-order valence-electron chi connectivity index (χ0n) is 20.7. The Morgan fingerprint density at radius 3 is 2.39 bits per heavy atom. The maximum absolute atomic E-state index is 16.2. The smallest absolute Gasteiger partial charge is 0.190 e. The molecule has 0 radical (unpaired) electrons. The molecule has 6 rings (SSSR count). The van der Waals surface area contributed by atoms with Gasteiger partial charge in [-0.2, -0.15) is 0 Å². The SMILES string of the molecule is CC(=O)CC[C@]12c3ccccc3C=C[C@@H]1[C@@H](c1ccccc1)N(C)P2(=O)c1cccc2ccccc12. The first-order valence-corrected chi connectivity index (χ1v) is 14.3. The van der Waals surface area contributed by atoms with E-state index in [4.69, 9.17) is 0 Å². The van der Waals surface area contributed by atoms with Crippen LogP contribution in [0.25, 0.3) is 16.8 Å². The van der Waals surface area contributed by atoms with Crippen LogP contribution >= 0.6 is 7.29 Å². The molecule has 0 spiro atoms. The van der Waals surface area contributed by atoms with Crippen molar-refractivity contribution in [3.05, 3.63) is 120 Å². The predicted octanol–water partition coefficient (Wildman–Crippen LogP) is 7.34. The van der Waals surface area contributed by atoms with E-state index < -0.39 is 12.4 Å². The second kappa shape index (κ2) is 8.69. The van der Waals surface area contributed by atoms with Gasteiger partial charge in [-0.1, -0.05) is 103 Å². The summed E-state index contributed by atoms with van der Waals surface area (Å²) in [6.07, 6.45) is 5.39. The first-order chi connectivity index (χ1) is 17.5. The zero-order valence-corrected chi connectivity index (χ0v) is 21.6. The van der Waals surface area contributed by atoms with E-state index in [9.17, 15) is 4.79 Å². The summed E-state index contributed by atoms with van der Waals surface area (Å²) in [5.41, 5.74) is 3.35. The minimum absolute atomic E-state index is 0.0380. The van der Waals surface area contributed by atoms with Crippen LogP contribution in [0.3, 0.4) is 0 Å². The van der Waals surface area contributed by atoms with Crippen molar-refractivity contribution in [2.75, 3.05) is 7.05 Å². The number of rotatable bonds is 5. The van der Waals surface area contributed by atoms with Crippen LogP contribution in [0.2, 0.25) is 0 Å². The molecule has 0 bridgehead atoms. The topological polar surface area (TPSA) is 37.4 Å². The summed E-state index contributed by atoms with van der Waals surface area (Å²) in [5, 5.41) is 2.28. The average Bonchev–Trinajstić information content (AvgIpc) is 3.12. The zero-order chi connectivity index (χ0) is 24.9. The maximum Gasteiger partial charge on any atom is 0.190 e. The van der Waals surface area contributed by atoms with Gasteiger partial charge in [0.25, 0.3) is 0 Å². The molecule has 0 aromatic heterocycles. The maximum atomic E-state index is 16.2. The molecule has 0 amide bonds. The number of hydrogen-bond acceptors (Lipinski definition) is 2. The van der Waals surface area contributed by atoms with E-state index in [0.29, 0.717) is 12.8 Å². The minimum Gasteiger partial charge on any atom is -0.300 e. The Balaban J connectivity index is 1.73. The van der Waals surface area contributed by atoms with Crippen LogP contribution in [0.15, 0.2) is 103 Å². The third-order valence-electron chi connectivity index (χ3n) is 8.28. The molecular formula is C32H30NO2P. The molecule has 2 aliphatic rings. The largest absolute Gasteiger partial charge is 0.300 e. The van der Waals surface area contributed by atoms with E-state index in [-0.39, 0.29) is 17.7 Å². The first-order valence-electron chi connectivity index (χ1n) is 12.6. The van der Waals surface area contributed by atoms with Crippen molar-refractivity contribution in [3.8, 4) is 0 Å². The predicted molar refractivity (Wildman–Crippen MR) is 149 cm³/mol. The third kappa shape index (κ3) is 3.16. The molecule has 1 heterocycles. The van der Waals surface area contributed by atoms with Crippen molar-refractivity contribution >= 4 is 35.2 Å². The van der Waals surface area contributed by atoms with E-state index in [1.54, 1.807) is 6.92 Å². The molecule has 1 fully saturated rings. The third-order valence-corrected chi connectivity index (χ3v) is 12.3. The Bertz CT molecular complexity index is 1540. The quantitative estimate of drug-likeness (QED) is 0.274. The van der Waals surface area contributed by atoms with E-state index in [1.807, 2.05) is 43.4 Å². The van der Waals surface area contributed by atoms with E-state index in [0.717, 1.165) is 32.8 Å². The van der Waals surface area contributed by atoms with Crippen LogP contribution in [0, 0.1) is 5.92 Å². The van der Waals surface area contributed by atoms with Crippen molar-refractivity contribution in [2.45, 2.75) is 31.0 Å². The van der Waals surface area contributed by atoms with Gasteiger partial charge >= 0.3 is 0 Å². The fourth-order valence-electron chi connectivity index (χ4n) is 6.75. The summed E-state index contributed by atoms with van der Waals surface area (Å²) < 4.78 is 18.4. The molecule has 4 aromatic carbocycles. The minimum atomic E-state index is -3.30. The summed E-state index contributed by atoms with van der Waals surface area (Å²) in [6.45, 7) is 1.65. The van der Waals surface area contributed by atoms with Gasteiger partial charge in [-0.05, 0) is 53.9 Å². The molecular weight excluding hydrogens is 461 g/mol. The van der Waals surface area contributed by atoms with Crippen molar-refractivity contribution in [1.29, 1.82) is 0 Å². The first kappa shape index (κ1) is 23.2. The highest BCUT2D eigenvalue weighted by Gasteiger charge is 2.67. The van der Waals surface area contributed by atoms with E-state index in [1.165, 1.54) is 0 Å². The number of nitrogens with zero attached hydrogens (tertiary/aromatic N) is 1. The summed E-state index contributed by atoms with van der Waals surface area (Å²) in [6, 6.07) is 33.1. The monoisotopic (exact) mass is 491 g/mol. The van der Waals surface area contributed by atoms with Gasteiger partial charge in [0.2, 0.25) is 0 Å². The number of Topliss-reactive ketones (excluding diaryl/α,β-unsaturated/α-hetero) is 1. The van der Waals surface area contributed by atoms with Crippen LogP contribution in [0.1, 0.15) is 42.5 Å². The van der Waals surface area contributed by atoms with Crippen LogP contribution < -0.4 is 5.30 Å². The molecule has 1 aliphatic carbocycles.